The molecule has 0 nitrogen and oxygen atoms in total. The second-order valence-electron chi connectivity index (χ2n) is 2.77. The highest BCUT2D eigenvalue weighted by Gasteiger charge is 1.90. The number of benzene rings is 1. The molecule has 0 radical (unpaired) electrons. The van der Waals surface area contributed by atoms with Crippen LogP contribution in [0, 0.1) is 0 Å². The van der Waals surface area contributed by atoms with Gasteiger partial charge in [-0.1, -0.05) is 37.6 Å². The molecule has 0 amide bonds. The third kappa shape index (κ3) is 2.63. The molecule has 0 saturated carbocycles. The van der Waals surface area contributed by atoms with Gasteiger partial charge in [-0.25, -0.2) is 0 Å². The van der Waals surface area contributed by atoms with Crippen LogP contribution in [0.4, 0.5) is 0 Å². The van der Waals surface area contributed by atoms with E-state index in [4.69, 9.17) is 0 Å². The molecule has 0 spiro atoms. The van der Waals surface area contributed by atoms with E-state index in [-0.39, 0.29) is 0 Å². The molecule has 0 aliphatic heterocycles. The molecule has 1 aromatic carbocycles. The van der Waals surface area contributed by atoms with Crippen LogP contribution in [0.25, 0.3) is 0 Å². The summed E-state index contributed by atoms with van der Waals surface area (Å²) in [5.74, 6) is 0. The number of rotatable bonds is 3. The summed E-state index contributed by atoms with van der Waals surface area (Å²) in [7, 11) is 2.74. The molecule has 0 saturated heterocycles. The lowest BCUT2D eigenvalue weighted by Gasteiger charge is -1.99. The first-order valence-corrected chi connectivity index (χ1v) is 4.96. The highest BCUT2D eigenvalue weighted by atomic mass is 31.0. The predicted molar refractivity (Wildman–Crippen MR) is 53.9 cm³/mol. The summed E-state index contributed by atoms with van der Waals surface area (Å²) in [6.07, 6.45) is 3.50. The molecule has 0 N–H and O–H groups in total. The monoisotopic (exact) mass is 166 g/mol. The van der Waals surface area contributed by atoms with Gasteiger partial charge in [0.25, 0.3) is 0 Å². The zero-order valence-corrected chi connectivity index (χ0v) is 8.16. The Labute approximate surface area is 71.2 Å². The minimum absolute atomic E-state index is 1.06. The average Bonchev–Trinajstić information content (AvgIpc) is 2.07. The molecule has 0 aliphatic rings. The minimum atomic E-state index is 1.06. The van der Waals surface area contributed by atoms with E-state index >= 15 is 0 Å². The van der Waals surface area contributed by atoms with Crippen molar-refractivity contribution in [1.82, 2.24) is 0 Å². The Morgan fingerprint density at radius 2 is 1.64 bits per heavy atom. The van der Waals surface area contributed by atoms with Gasteiger partial charge in [0.05, 0.1) is 0 Å². The van der Waals surface area contributed by atoms with Crippen molar-refractivity contribution in [2.45, 2.75) is 25.9 Å². The van der Waals surface area contributed by atoms with E-state index < -0.39 is 0 Å². The Balaban J connectivity index is 2.66. The van der Waals surface area contributed by atoms with Gasteiger partial charge in [-0.3, -0.25) is 0 Å². The van der Waals surface area contributed by atoms with E-state index in [1.807, 2.05) is 0 Å². The van der Waals surface area contributed by atoms with Gasteiger partial charge in [0.2, 0.25) is 0 Å². The maximum Gasteiger partial charge on any atom is -0.0128 e. The van der Waals surface area contributed by atoms with E-state index in [1.54, 1.807) is 0 Å². The molecule has 60 valence electrons. The molecule has 1 unspecified atom stereocenters. The zero-order chi connectivity index (χ0) is 8.10. The Morgan fingerprint density at radius 1 is 1.09 bits per heavy atom. The van der Waals surface area contributed by atoms with E-state index in [1.165, 1.54) is 24.0 Å². The molecule has 1 rings (SSSR count). The van der Waals surface area contributed by atoms with Crippen LogP contribution >= 0.6 is 9.24 Å². The van der Waals surface area contributed by atoms with E-state index in [0.29, 0.717) is 0 Å². The molecule has 1 atom stereocenters. The van der Waals surface area contributed by atoms with Gasteiger partial charge in [-0.2, -0.15) is 0 Å². The second kappa shape index (κ2) is 4.51. The fourth-order valence-corrected chi connectivity index (χ4v) is 1.40. The lowest BCUT2D eigenvalue weighted by molar-refractivity contribution is 0.921. The van der Waals surface area contributed by atoms with Crippen LogP contribution < -0.4 is 0 Å². The minimum Gasteiger partial charge on any atom is -0.133 e. The van der Waals surface area contributed by atoms with E-state index in [9.17, 15) is 0 Å². The Bertz CT molecular complexity index is 201. The molecule has 0 fully saturated rings. The SMILES string of the molecule is CCCc1ccc(CP)cc1. The van der Waals surface area contributed by atoms with Crippen molar-refractivity contribution in [2.75, 3.05) is 0 Å². The Morgan fingerprint density at radius 3 is 2.09 bits per heavy atom. The van der Waals surface area contributed by atoms with Gasteiger partial charge < -0.3 is 0 Å². The summed E-state index contributed by atoms with van der Waals surface area (Å²) in [5, 5.41) is 0. The molecule has 0 aliphatic carbocycles. The molecular formula is C10H15P. The standard InChI is InChI=1S/C10H15P/c1-2-3-9-4-6-10(8-11)7-5-9/h4-7H,2-3,8,11H2,1H3. The van der Waals surface area contributed by atoms with Gasteiger partial charge >= 0.3 is 0 Å². The van der Waals surface area contributed by atoms with Crippen LogP contribution in [0.15, 0.2) is 24.3 Å². The molecule has 1 heteroatoms. The highest BCUT2D eigenvalue weighted by molar-refractivity contribution is 7.15. The Hall–Kier alpha value is -0.350. The van der Waals surface area contributed by atoms with Crippen molar-refractivity contribution < 1.29 is 0 Å². The van der Waals surface area contributed by atoms with Crippen LogP contribution in [0.5, 0.6) is 0 Å². The van der Waals surface area contributed by atoms with Crippen molar-refractivity contribution in [2.24, 2.45) is 0 Å². The van der Waals surface area contributed by atoms with Crippen molar-refractivity contribution in [3.05, 3.63) is 35.4 Å². The summed E-state index contributed by atoms with van der Waals surface area (Å²) in [5.41, 5.74) is 2.85. The first-order valence-electron chi connectivity index (χ1n) is 4.14. The summed E-state index contributed by atoms with van der Waals surface area (Å²) < 4.78 is 0. The maximum absolute atomic E-state index is 2.74. The number of hydrogen-bond donors (Lipinski definition) is 0. The smallest absolute Gasteiger partial charge is 0.0128 e. The van der Waals surface area contributed by atoms with Gasteiger partial charge in [0.1, 0.15) is 0 Å². The lowest BCUT2D eigenvalue weighted by atomic mass is 10.1. The third-order valence-corrected chi connectivity index (χ3v) is 2.27. The number of hydrogen-bond acceptors (Lipinski definition) is 0. The summed E-state index contributed by atoms with van der Waals surface area (Å²) in [6, 6.07) is 8.86. The first kappa shape index (κ1) is 8.74. The van der Waals surface area contributed by atoms with Gasteiger partial charge in [-0.05, 0) is 23.7 Å². The largest absolute Gasteiger partial charge is 0.133 e. The second-order valence-corrected chi connectivity index (χ2v) is 3.18. The van der Waals surface area contributed by atoms with Crippen LogP contribution in [0.1, 0.15) is 24.5 Å². The van der Waals surface area contributed by atoms with Crippen molar-refractivity contribution >= 4 is 9.24 Å². The predicted octanol–water partition coefficient (Wildman–Crippen LogP) is 3.01. The molecular weight excluding hydrogens is 151 g/mol. The zero-order valence-electron chi connectivity index (χ0n) is 7.01. The van der Waals surface area contributed by atoms with Crippen LogP contribution in [0.3, 0.4) is 0 Å². The van der Waals surface area contributed by atoms with E-state index in [2.05, 4.69) is 40.4 Å². The average molecular weight is 166 g/mol. The summed E-state index contributed by atoms with van der Waals surface area (Å²) in [6.45, 7) is 2.21. The summed E-state index contributed by atoms with van der Waals surface area (Å²) in [4.78, 5) is 0. The molecule has 0 heterocycles. The molecule has 11 heavy (non-hydrogen) atoms. The van der Waals surface area contributed by atoms with Crippen molar-refractivity contribution in [1.29, 1.82) is 0 Å². The summed E-state index contributed by atoms with van der Waals surface area (Å²) >= 11 is 0. The third-order valence-electron chi connectivity index (χ3n) is 1.80. The quantitative estimate of drug-likeness (QED) is 0.605. The molecule has 0 aromatic heterocycles. The van der Waals surface area contributed by atoms with Gasteiger partial charge in [0.15, 0.2) is 0 Å². The number of aryl methyl sites for hydroxylation is 1. The van der Waals surface area contributed by atoms with Crippen LogP contribution in [-0.4, -0.2) is 0 Å². The normalized spacial score (nSPS) is 10.0. The molecule has 1 aromatic rings. The first-order chi connectivity index (χ1) is 5.36. The Kier molecular flexibility index (Phi) is 3.59. The van der Waals surface area contributed by atoms with Crippen molar-refractivity contribution in [3.63, 3.8) is 0 Å². The fraction of sp³-hybridized carbons (Fsp3) is 0.400. The van der Waals surface area contributed by atoms with Crippen molar-refractivity contribution in [3.8, 4) is 0 Å². The highest BCUT2D eigenvalue weighted by Crippen LogP contribution is 2.09. The topological polar surface area (TPSA) is 0 Å². The fourth-order valence-electron chi connectivity index (χ4n) is 1.13. The van der Waals surface area contributed by atoms with E-state index in [0.717, 1.165) is 6.16 Å². The lowest BCUT2D eigenvalue weighted by Crippen LogP contribution is -1.83. The molecule has 0 bridgehead atoms. The van der Waals surface area contributed by atoms with Crippen LogP contribution in [-0.2, 0) is 12.6 Å². The van der Waals surface area contributed by atoms with Gasteiger partial charge in [-0.15, -0.1) is 9.24 Å². The maximum atomic E-state index is 2.74. The van der Waals surface area contributed by atoms with Gasteiger partial charge in [0, 0.05) is 0 Å². The van der Waals surface area contributed by atoms with Crippen LogP contribution in [0.2, 0.25) is 0 Å².